The zero-order chi connectivity index (χ0) is 15.2. The molecule has 1 heterocycles. The van der Waals surface area contributed by atoms with Crippen LogP contribution in [0.2, 0.25) is 0 Å². The second kappa shape index (κ2) is 6.69. The van der Waals surface area contributed by atoms with Crippen LogP contribution < -0.4 is 5.32 Å². The minimum atomic E-state index is -0.442. The van der Waals surface area contributed by atoms with E-state index in [2.05, 4.69) is 10.4 Å². The summed E-state index contributed by atoms with van der Waals surface area (Å²) in [6.07, 6.45) is 2.88. The second-order valence-electron chi connectivity index (χ2n) is 4.56. The number of rotatable bonds is 5. The SMILES string of the molecule is CCOC(=O)c1cnn(CC(=O)Nc2cccc(C)c2)c1. The molecule has 0 saturated carbocycles. The normalized spacial score (nSPS) is 10.2. The first-order chi connectivity index (χ1) is 10.1. The molecular formula is C15H17N3O3. The van der Waals surface area contributed by atoms with Crippen LogP contribution in [-0.2, 0) is 16.1 Å². The second-order valence-corrected chi connectivity index (χ2v) is 4.56. The number of aromatic nitrogens is 2. The lowest BCUT2D eigenvalue weighted by Crippen LogP contribution is -2.19. The van der Waals surface area contributed by atoms with Gasteiger partial charge in [0.05, 0.1) is 18.4 Å². The number of hydrogen-bond donors (Lipinski definition) is 1. The van der Waals surface area contributed by atoms with Crippen molar-refractivity contribution in [2.75, 3.05) is 11.9 Å². The number of hydrogen-bond acceptors (Lipinski definition) is 4. The summed E-state index contributed by atoms with van der Waals surface area (Å²) in [5.74, 6) is -0.651. The standard InChI is InChI=1S/C15H17N3O3/c1-3-21-15(20)12-8-16-18(9-12)10-14(19)17-13-6-4-5-11(2)7-13/h4-9H,3,10H2,1-2H3,(H,17,19). The third kappa shape index (κ3) is 4.17. The first-order valence-corrected chi connectivity index (χ1v) is 6.64. The van der Waals surface area contributed by atoms with E-state index in [0.717, 1.165) is 11.3 Å². The summed E-state index contributed by atoms with van der Waals surface area (Å²) in [5.41, 5.74) is 2.13. The lowest BCUT2D eigenvalue weighted by Gasteiger charge is -2.06. The molecule has 0 unspecified atom stereocenters. The van der Waals surface area contributed by atoms with E-state index < -0.39 is 5.97 Å². The van der Waals surface area contributed by atoms with Crippen molar-refractivity contribution in [3.63, 3.8) is 0 Å². The molecule has 1 N–H and O–H groups in total. The summed E-state index contributed by atoms with van der Waals surface area (Å²) in [5, 5.41) is 6.75. The fourth-order valence-electron chi connectivity index (χ4n) is 1.84. The molecule has 0 aliphatic heterocycles. The molecule has 1 aromatic heterocycles. The number of nitrogens with one attached hydrogen (secondary N) is 1. The Bertz CT molecular complexity index is 649. The highest BCUT2D eigenvalue weighted by Crippen LogP contribution is 2.09. The van der Waals surface area contributed by atoms with Crippen LogP contribution in [0.25, 0.3) is 0 Å². The van der Waals surface area contributed by atoms with E-state index in [1.54, 1.807) is 6.92 Å². The smallest absolute Gasteiger partial charge is 0.341 e. The zero-order valence-corrected chi connectivity index (χ0v) is 12.0. The highest BCUT2D eigenvalue weighted by atomic mass is 16.5. The van der Waals surface area contributed by atoms with Gasteiger partial charge in [0, 0.05) is 11.9 Å². The van der Waals surface area contributed by atoms with E-state index in [1.807, 2.05) is 31.2 Å². The first-order valence-electron chi connectivity index (χ1n) is 6.64. The topological polar surface area (TPSA) is 73.2 Å². The first kappa shape index (κ1) is 14.8. The number of nitrogens with zero attached hydrogens (tertiary/aromatic N) is 2. The van der Waals surface area contributed by atoms with Crippen molar-refractivity contribution in [3.05, 3.63) is 47.8 Å². The average Bonchev–Trinajstić information content (AvgIpc) is 2.87. The number of carbonyl (C=O) groups is 2. The van der Waals surface area contributed by atoms with E-state index in [0.29, 0.717) is 12.2 Å². The van der Waals surface area contributed by atoms with Crippen LogP contribution in [-0.4, -0.2) is 28.3 Å². The van der Waals surface area contributed by atoms with Gasteiger partial charge in [-0.1, -0.05) is 12.1 Å². The molecule has 110 valence electrons. The summed E-state index contributed by atoms with van der Waals surface area (Å²) >= 11 is 0. The molecule has 2 aromatic rings. The number of amides is 1. The molecule has 6 heteroatoms. The van der Waals surface area contributed by atoms with Gasteiger partial charge in [-0.3, -0.25) is 9.48 Å². The van der Waals surface area contributed by atoms with Crippen LogP contribution in [0.1, 0.15) is 22.8 Å². The number of ether oxygens (including phenoxy) is 1. The monoisotopic (exact) mass is 287 g/mol. The quantitative estimate of drug-likeness (QED) is 0.854. The van der Waals surface area contributed by atoms with E-state index in [9.17, 15) is 9.59 Å². The lowest BCUT2D eigenvalue weighted by atomic mass is 10.2. The van der Waals surface area contributed by atoms with Crippen molar-refractivity contribution in [1.82, 2.24) is 9.78 Å². The third-order valence-corrected chi connectivity index (χ3v) is 2.75. The van der Waals surface area contributed by atoms with Gasteiger partial charge in [0.25, 0.3) is 0 Å². The molecule has 0 radical (unpaired) electrons. The Labute approximate surface area is 122 Å². The third-order valence-electron chi connectivity index (χ3n) is 2.75. The van der Waals surface area contributed by atoms with Crippen molar-refractivity contribution >= 4 is 17.6 Å². The maximum absolute atomic E-state index is 11.9. The van der Waals surface area contributed by atoms with Crippen molar-refractivity contribution in [2.24, 2.45) is 0 Å². The van der Waals surface area contributed by atoms with Crippen LogP contribution in [0.3, 0.4) is 0 Å². The molecule has 0 aliphatic carbocycles. The van der Waals surface area contributed by atoms with Crippen molar-refractivity contribution in [2.45, 2.75) is 20.4 Å². The van der Waals surface area contributed by atoms with Gasteiger partial charge in [-0.2, -0.15) is 5.10 Å². The largest absolute Gasteiger partial charge is 0.462 e. The summed E-state index contributed by atoms with van der Waals surface area (Å²) < 4.78 is 6.26. The maximum atomic E-state index is 11.9. The van der Waals surface area contributed by atoms with Crippen LogP contribution in [0.15, 0.2) is 36.7 Å². The van der Waals surface area contributed by atoms with Gasteiger partial charge in [-0.15, -0.1) is 0 Å². The summed E-state index contributed by atoms with van der Waals surface area (Å²) in [7, 11) is 0. The fourth-order valence-corrected chi connectivity index (χ4v) is 1.84. The Balaban J connectivity index is 1.95. The van der Waals surface area contributed by atoms with E-state index in [1.165, 1.54) is 17.1 Å². The molecule has 2 rings (SSSR count). The van der Waals surface area contributed by atoms with Gasteiger partial charge in [0.15, 0.2) is 0 Å². The van der Waals surface area contributed by atoms with E-state index in [4.69, 9.17) is 4.74 Å². The molecule has 1 amide bonds. The highest BCUT2D eigenvalue weighted by molar-refractivity contribution is 5.91. The molecular weight excluding hydrogens is 270 g/mol. The molecule has 0 spiro atoms. The highest BCUT2D eigenvalue weighted by Gasteiger charge is 2.11. The van der Waals surface area contributed by atoms with Crippen LogP contribution in [0, 0.1) is 6.92 Å². The lowest BCUT2D eigenvalue weighted by molar-refractivity contribution is -0.116. The van der Waals surface area contributed by atoms with Crippen LogP contribution in [0.4, 0.5) is 5.69 Å². The molecule has 0 aliphatic rings. The zero-order valence-electron chi connectivity index (χ0n) is 12.0. The summed E-state index contributed by atoms with van der Waals surface area (Å²) in [6, 6.07) is 7.52. The molecule has 0 atom stereocenters. The minimum absolute atomic E-state index is 0.0351. The Kier molecular flexibility index (Phi) is 4.71. The number of benzene rings is 1. The van der Waals surface area contributed by atoms with Gasteiger partial charge in [0.1, 0.15) is 6.54 Å². The summed E-state index contributed by atoms with van der Waals surface area (Å²) in [6.45, 7) is 4.03. The van der Waals surface area contributed by atoms with Gasteiger partial charge in [-0.25, -0.2) is 4.79 Å². The Morgan fingerprint density at radius 2 is 2.19 bits per heavy atom. The summed E-state index contributed by atoms with van der Waals surface area (Å²) in [4.78, 5) is 23.4. The Hall–Kier alpha value is -2.63. The van der Waals surface area contributed by atoms with Gasteiger partial charge in [-0.05, 0) is 31.5 Å². The van der Waals surface area contributed by atoms with Crippen LogP contribution in [0.5, 0.6) is 0 Å². The predicted molar refractivity (Wildman–Crippen MR) is 78.0 cm³/mol. The molecule has 1 aromatic carbocycles. The van der Waals surface area contributed by atoms with Crippen molar-refractivity contribution < 1.29 is 14.3 Å². The minimum Gasteiger partial charge on any atom is -0.462 e. The van der Waals surface area contributed by atoms with E-state index in [-0.39, 0.29) is 12.5 Å². The fraction of sp³-hybridized carbons (Fsp3) is 0.267. The average molecular weight is 287 g/mol. The number of aryl methyl sites for hydroxylation is 1. The van der Waals surface area contributed by atoms with Gasteiger partial charge in [0.2, 0.25) is 5.91 Å². The molecule has 0 bridgehead atoms. The Morgan fingerprint density at radius 1 is 1.38 bits per heavy atom. The molecule has 6 nitrogen and oxygen atoms in total. The van der Waals surface area contributed by atoms with Crippen LogP contribution >= 0.6 is 0 Å². The number of carbonyl (C=O) groups excluding carboxylic acids is 2. The van der Waals surface area contributed by atoms with Crippen molar-refractivity contribution in [1.29, 1.82) is 0 Å². The number of esters is 1. The van der Waals surface area contributed by atoms with E-state index >= 15 is 0 Å². The molecule has 0 fully saturated rings. The number of anilines is 1. The van der Waals surface area contributed by atoms with Gasteiger partial charge >= 0.3 is 5.97 Å². The molecule has 0 saturated heterocycles. The van der Waals surface area contributed by atoms with Gasteiger partial charge < -0.3 is 10.1 Å². The van der Waals surface area contributed by atoms with Crippen molar-refractivity contribution in [3.8, 4) is 0 Å². The Morgan fingerprint density at radius 3 is 2.90 bits per heavy atom. The predicted octanol–water partition coefficient (Wildman–Crippen LogP) is 2.01. The molecule has 21 heavy (non-hydrogen) atoms. The maximum Gasteiger partial charge on any atom is 0.341 e.